The van der Waals surface area contributed by atoms with Gasteiger partial charge in [-0.2, -0.15) is 0 Å². The van der Waals surface area contributed by atoms with Crippen molar-refractivity contribution >= 4 is 5.91 Å². The zero-order valence-electron chi connectivity index (χ0n) is 10.1. The van der Waals surface area contributed by atoms with Crippen LogP contribution in [0.1, 0.15) is 5.69 Å². The van der Waals surface area contributed by atoms with Crippen LogP contribution < -0.4 is 4.74 Å². The second-order valence-electron chi connectivity index (χ2n) is 3.72. The summed E-state index contributed by atoms with van der Waals surface area (Å²) in [5.41, 5.74) is 0.665. The van der Waals surface area contributed by atoms with Gasteiger partial charge in [0.1, 0.15) is 11.5 Å². The summed E-state index contributed by atoms with van der Waals surface area (Å²) in [6.07, 6.45) is 3.37. The largest absolute Gasteiger partial charge is 0.458 e. The molecule has 0 aliphatic carbocycles. The molecular formula is C13H16N2O2. The van der Waals surface area contributed by atoms with Crippen LogP contribution in [0.25, 0.3) is 0 Å². The van der Waals surface area contributed by atoms with Crippen molar-refractivity contribution in [2.75, 3.05) is 14.1 Å². The molecule has 0 N–H and O–H groups in total. The Kier molecular flexibility index (Phi) is 4.46. The summed E-state index contributed by atoms with van der Waals surface area (Å²) in [7, 11) is 3.42. The van der Waals surface area contributed by atoms with Crippen LogP contribution >= 0.6 is 0 Å². The maximum absolute atomic E-state index is 11.5. The Balaban J connectivity index is 2.75. The molecule has 0 fully saturated rings. The number of nitrogens with zero attached hydrogens (tertiary/aromatic N) is 2. The molecule has 0 saturated heterocycles. The number of carbonyl (C=O) groups is 1. The van der Waals surface area contributed by atoms with Crippen LogP contribution in [0.2, 0.25) is 0 Å². The standard InChI is InChI=1S/C13H16N2O2/c1-5-10(2)17-12-6-7-14-11(8-12)9-13(16)15(3)4/h5-8H,1-2,9H2,3-4H3. The van der Waals surface area contributed by atoms with E-state index in [4.69, 9.17) is 4.74 Å². The predicted molar refractivity (Wildman–Crippen MR) is 66.6 cm³/mol. The summed E-state index contributed by atoms with van der Waals surface area (Å²) in [5.74, 6) is 1.06. The number of amides is 1. The van der Waals surface area contributed by atoms with Crippen molar-refractivity contribution < 1.29 is 9.53 Å². The van der Waals surface area contributed by atoms with E-state index in [9.17, 15) is 4.79 Å². The lowest BCUT2D eigenvalue weighted by molar-refractivity contribution is -0.128. The molecule has 1 amide bonds. The van der Waals surface area contributed by atoms with E-state index in [1.165, 1.54) is 11.0 Å². The summed E-state index contributed by atoms with van der Waals surface area (Å²) in [6, 6.07) is 3.42. The Morgan fingerprint density at radius 2 is 2.29 bits per heavy atom. The number of likely N-dealkylation sites (N-methyl/N-ethyl adjacent to an activating group) is 1. The van der Waals surface area contributed by atoms with Gasteiger partial charge in [0.15, 0.2) is 0 Å². The molecular weight excluding hydrogens is 216 g/mol. The van der Waals surface area contributed by atoms with E-state index in [2.05, 4.69) is 18.1 Å². The van der Waals surface area contributed by atoms with Crippen molar-refractivity contribution in [2.45, 2.75) is 6.42 Å². The lowest BCUT2D eigenvalue weighted by atomic mass is 10.2. The predicted octanol–water partition coefficient (Wildman–Crippen LogP) is 1.79. The summed E-state index contributed by atoms with van der Waals surface area (Å²) in [4.78, 5) is 17.2. The summed E-state index contributed by atoms with van der Waals surface area (Å²) < 4.78 is 5.37. The van der Waals surface area contributed by atoms with Gasteiger partial charge in [-0.3, -0.25) is 9.78 Å². The molecule has 0 bridgehead atoms. The van der Waals surface area contributed by atoms with Gasteiger partial charge in [0.05, 0.1) is 12.1 Å². The van der Waals surface area contributed by atoms with Gasteiger partial charge < -0.3 is 9.64 Å². The van der Waals surface area contributed by atoms with Gasteiger partial charge >= 0.3 is 0 Å². The minimum Gasteiger partial charge on any atom is -0.458 e. The summed E-state index contributed by atoms with van der Waals surface area (Å²) in [6.45, 7) is 7.20. The minimum absolute atomic E-state index is 0.00260. The Morgan fingerprint density at radius 3 is 2.88 bits per heavy atom. The molecule has 17 heavy (non-hydrogen) atoms. The van der Waals surface area contributed by atoms with Crippen LogP contribution in [0.4, 0.5) is 0 Å². The van der Waals surface area contributed by atoms with Gasteiger partial charge in [-0.15, -0.1) is 0 Å². The first-order chi connectivity index (χ1) is 8.02. The third-order valence-electron chi connectivity index (χ3n) is 2.10. The van der Waals surface area contributed by atoms with E-state index in [1.807, 2.05) is 0 Å². The molecule has 0 atom stereocenters. The second kappa shape index (κ2) is 5.84. The monoisotopic (exact) mass is 232 g/mol. The average molecular weight is 232 g/mol. The third-order valence-corrected chi connectivity index (χ3v) is 2.10. The maximum atomic E-state index is 11.5. The van der Waals surface area contributed by atoms with Gasteiger partial charge in [-0.1, -0.05) is 13.2 Å². The third kappa shape index (κ3) is 4.10. The molecule has 4 heteroatoms. The lowest BCUT2D eigenvalue weighted by Gasteiger charge is -2.10. The van der Waals surface area contributed by atoms with Crippen molar-refractivity contribution in [1.29, 1.82) is 0 Å². The minimum atomic E-state index is -0.00260. The molecule has 0 spiro atoms. The van der Waals surface area contributed by atoms with E-state index in [-0.39, 0.29) is 12.3 Å². The molecule has 0 radical (unpaired) electrons. The fourth-order valence-electron chi connectivity index (χ4n) is 1.12. The molecule has 1 aromatic rings. The normalized spacial score (nSPS) is 9.53. The van der Waals surface area contributed by atoms with E-state index in [1.54, 1.807) is 32.4 Å². The van der Waals surface area contributed by atoms with Crippen LogP contribution in [0.5, 0.6) is 5.75 Å². The van der Waals surface area contributed by atoms with Gasteiger partial charge in [-0.25, -0.2) is 0 Å². The number of hydrogen-bond acceptors (Lipinski definition) is 3. The van der Waals surface area contributed by atoms with Crippen LogP contribution in [-0.4, -0.2) is 29.9 Å². The van der Waals surface area contributed by atoms with Gasteiger partial charge in [0.25, 0.3) is 0 Å². The van der Waals surface area contributed by atoms with Gasteiger partial charge in [-0.05, 0) is 12.1 Å². The van der Waals surface area contributed by atoms with E-state index >= 15 is 0 Å². The number of carbonyl (C=O) groups excluding carboxylic acids is 1. The fourth-order valence-corrected chi connectivity index (χ4v) is 1.12. The highest BCUT2D eigenvalue weighted by Crippen LogP contribution is 2.14. The topological polar surface area (TPSA) is 42.4 Å². The number of hydrogen-bond donors (Lipinski definition) is 0. The molecule has 1 heterocycles. The Bertz CT molecular complexity index is 439. The fraction of sp³-hybridized carbons (Fsp3) is 0.231. The highest BCUT2D eigenvalue weighted by molar-refractivity contribution is 5.77. The zero-order chi connectivity index (χ0) is 12.8. The van der Waals surface area contributed by atoms with Crippen LogP contribution in [0.3, 0.4) is 0 Å². The van der Waals surface area contributed by atoms with Crippen molar-refractivity contribution in [3.8, 4) is 5.75 Å². The van der Waals surface area contributed by atoms with Gasteiger partial charge in [0.2, 0.25) is 5.91 Å². The zero-order valence-corrected chi connectivity index (χ0v) is 10.1. The summed E-state index contributed by atoms with van der Waals surface area (Å²) >= 11 is 0. The lowest BCUT2D eigenvalue weighted by Crippen LogP contribution is -2.23. The van der Waals surface area contributed by atoms with Crippen LogP contribution in [0.15, 0.2) is 43.3 Å². The molecule has 90 valence electrons. The van der Waals surface area contributed by atoms with E-state index in [0.717, 1.165) is 0 Å². The molecule has 0 saturated carbocycles. The van der Waals surface area contributed by atoms with Crippen molar-refractivity contribution in [3.05, 3.63) is 49.0 Å². The smallest absolute Gasteiger partial charge is 0.228 e. The molecule has 1 aromatic heterocycles. The molecule has 0 unspecified atom stereocenters. The molecule has 1 rings (SSSR count). The van der Waals surface area contributed by atoms with E-state index < -0.39 is 0 Å². The molecule has 0 aromatic carbocycles. The van der Waals surface area contributed by atoms with Crippen LogP contribution in [0, 0.1) is 0 Å². The molecule has 0 aliphatic rings. The number of rotatable bonds is 5. The maximum Gasteiger partial charge on any atom is 0.228 e. The number of ether oxygens (including phenoxy) is 1. The summed E-state index contributed by atoms with van der Waals surface area (Å²) in [5, 5.41) is 0. The quantitative estimate of drug-likeness (QED) is 0.574. The first kappa shape index (κ1) is 13.0. The molecule has 0 aliphatic heterocycles. The van der Waals surface area contributed by atoms with E-state index in [0.29, 0.717) is 17.2 Å². The number of pyridine rings is 1. The SMILES string of the molecule is C=CC(=C)Oc1ccnc(CC(=O)N(C)C)c1. The Morgan fingerprint density at radius 1 is 1.59 bits per heavy atom. The highest BCUT2D eigenvalue weighted by atomic mass is 16.5. The van der Waals surface area contributed by atoms with Crippen LogP contribution in [-0.2, 0) is 11.2 Å². The van der Waals surface area contributed by atoms with Crippen molar-refractivity contribution in [1.82, 2.24) is 9.88 Å². The highest BCUT2D eigenvalue weighted by Gasteiger charge is 2.07. The average Bonchev–Trinajstić information content (AvgIpc) is 2.29. The van der Waals surface area contributed by atoms with Crippen molar-refractivity contribution in [3.63, 3.8) is 0 Å². The first-order valence-electron chi connectivity index (χ1n) is 5.17. The Labute approximate surface area is 101 Å². The first-order valence-corrected chi connectivity index (χ1v) is 5.17. The molecule has 4 nitrogen and oxygen atoms in total. The number of allylic oxidation sites excluding steroid dienone is 1. The van der Waals surface area contributed by atoms with Gasteiger partial charge in [0, 0.05) is 26.4 Å². The Hall–Kier alpha value is -2.10. The number of aromatic nitrogens is 1. The van der Waals surface area contributed by atoms with Crippen molar-refractivity contribution in [2.24, 2.45) is 0 Å². The second-order valence-corrected chi connectivity index (χ2v) is 3.72.